The Bertz CT molecular complexity index is 77.4. The third-order valence-corrected chi connectivity index (χ3v) is 1.07. The van der Waals surface area contributed by atoms with Gasteiger partial charge in [0.15, 0.2) is 0 Å². The van der Waals surface area contributed by atoms with Crippen LogP contribution in [0.1, 0.15) is 20.3 Å². The lowest BCUT2D eigenvalue weighted by molar-refractivity contribution is 0.109. The molecule has 0 aromatic heterocycles. The smallest absolute Gasteiger partial charge is 0.427 e. The topological polar surface area (TPSA) is 49.7 Å². The normalized spacial score (nSPS) is 13.2. The third kappa shape index (κ3) is 6.07. The summed E-state index contributed by atoms with van der Waals surface area (Å²) < 4.78 is 4.85. The highest BCUT2D eigenvalue weighted by atomic mass is 16.5. The van der Waals surface area contributed by atoms with Gasteiger partial charge in [-0.25, -0.2) is 0 Å². The summed E-state index contributed by atoms with van der Waals surface area (Å²) in [5.74, 6) is 0. The Hall–Kier alpha value is -0.0551. The Labute approximate surface area is 62.2 Å². The van der Waals surface area contributed by atoms with E-state index in [0.29, 0.717) is 6.32 Å². The predicted molar refractivity (Wildman–Crippen MR) is 40.7 cm³/mol. The number of hydrogen-bond acceptors (Lipinski definition) is 3. The first-order valence-electron chi connectivity index (χ1n) is 3.64. The van der Waals surface area contributed by atoms with E-state index < -0.39 is 13.2 Å². The van der Waals surface area contributed by atoms with Crippen LogP contribution in [0.3, 0.4) is 0 Å². The molecule has 0 fully saturated rings. The first-order chi connectivity index (χ1) is 4.66. The summed E-state index contributed by atoms with van der Waals surface area (Å²) >= 11 is 0. The third-order valence-electron chi connectivity index (χ3n) is 1.07. The average Bonchev–Trinajstić information content (AvgIpc) is 1.85. The maximum absolute atomic E-state index is 8.96. The van der Waals surface area contributed by atoms with Gasteiger partial charge < -0.3 is 14.8 Å². The Morgan fingerprint density at radius 3 is 2.60 bits per heavy atom. The molecule has 4 heteroatoms. The van der Waals surface area contributed by atoms with Crippen LogP contribution in [0.2, 0.25) is 6.32 Å². The Balaban J connectivity index is 3.12. The number of aliphatic hydroxyl groups excluding tert-OH is 1. The zero-order valence-corrected chi connectivity index (χ0v) is 6.58. The van der Waals surface area contributed by atoms with Gasteiger partial charge in [-0.15, -0.1) is 0 Å². The van der Waals surface area contributed by atoms with Crippen molar-refractivity contribution >= 4 is 7.12 Å². The van der Waals surface area contributed by atoms with Crippen LogP contribution in [0, 0.1) is 0 Å². The maximum atomic E-state index is 8.96. The molecule has 0 spiro atoms. The van der Waals surface area contributed by atoms with E-state index in [-0.39, 0.29) is 6.61 Å². The van der Waals surface area contributed by atoms with Crippen molar-refractivity contribution in [1.29, 1.82) is 0 Å². The lowest BCUT2D eigenvalue weighted by Crippen LogP contribution is -2.22. The molecule has 0 aromatic carbocycles. The molecule has 0 saturated carbocycles. The summed E-state index contributed by atoms with van der Waals surface area (Å²) in [6.07, 6.45) is 1.03. The van der Waals surface area contributed by atoms with Crippen LogP contribution >= 0.6 is 0 Å². The first kappa shape index (κ1) is 9.94. The standard InChI is InChI=1S/C6H15BO3/c1-3-4-7(9)10-5-6(2)8/h6,8-9H,3-5H2,1-2H3. The van der Waals surface area contributed by atoms with Gasteiger partial charge in [-0.3, -0.25) is 0 Å². The van der Waals surface area contributed by atoms with E-state index in [1.807, 2.05) is 6.92 Å². The van der Waals surface area contributed by atoms with Crippen molar-refractivity contribution < 1.29 is 14.8 Å². The molecule has 60 valence electrons. The minimum Gasteiger partial charge on any atom is -0.427 e. The van der Waals surface area contributed by atoms with Gasteiger partial charge >= 0.3 is 7.12 Å². The van der Waals surface area contributed by atoms with Gasteiger partial charge in [0.05, 0.1) is 12.7 Å². The molecular weight excluding hydrogens is 131 g/mol. The lowest BCUT2D eigenvalue weighted by Gasteiger charge is -2.07. The van der Waals surface area contributed by atoms with Crippen LogP contribution in [0.4, 0.5) is 0 Å². The average molecular weight is 146 g/mol. The fourth-order valence-corrected chi connectivity index (χ4v) is 0.581. The van der Waals surface area contributed by atoms with E-state index in [0.717, 1.165) is 6.42 Å². The van der Waals surface area contributed by atoms with Gasteiger partial charge in [0.2, 0.25) is 0 Å². The van der Waals surface area contributed by atoms with Gasteiger partial charge in [0.25, 0.3) is 0 Å². The largest absolute Gasteiger partial charge is 0.454 e. The minimum absolute atomic E-state index is 0.209. The van der Waals surface area contributed by atoms with E-state index in [4.69, 9.17) is 14.8 Å². The first-order valence-corrected chi connectivity index (χ1v) is 3.64. The molecular formula is C6H15BO3. The van der Waals surface area contributed by atoms with Crippen LogP contribution in [0.15, 0.2) is 0 Å². The highest BCUT2D eigenvalue weighted by molar-refractivity contribution is 6.42. The molecule has 1 unspecified atom stereocenters. The molecule has 0 heterocycles. The monoisotopic (exact) mass is 146 g/mol. The van der Waals surface area contributed by atoms with E-state index in [2.05, 4.69) is 0 Å². The fourth-order valence-electron chi connectivity index (χ4n) is 0.581. The van der Waals surface area contributed by atoms with Crippen molar-refractivity contribution in [2.75, 3.05) is 6.61 Å². The van der Waals surface area contributed by atoms with Gasteiger partial charge in [-0.2, -0.15) is 0 Å². The molecule has 10 heavy (non-hydrogen) atoms. The molecule has 0 saturated heterocycles. The van der Waals surface area contributed by atoms with Crippen LogP contribution in [0.5, 0.6) is 0 Å². The molecule has 0 aliphatic carbocycles. The molecule has 1 atom stereocenters. The molecule has 0 aliphatic rings. The quantitative estimate of drug-likeness (QED) is 0.547. The Kier molecular flexibility index (Phi) is 5.68. The molecule has 0 rings (SSSR count). The maximum Gasteiger partial charge on any atom is 0.454 e. The van der Waals surface area contributed by atoms with Crippen LogP contribution in [-0.2, 0) is 4.65 Å². The Morgan fingerprint density at radius 1 is 1.60 bits per heavy atom. The summed E-state index contributed by atoms with van der Waals surface area (Å²) in [6, 6.07) is 0. The van der Waals surface area contributed by atoms with Crippen LogP contribution < -0.4 is 0 Å². The van der Waals surface area contributed by atoms with E-state index in [1.54, 1.807) is 6.92 Å². The van der Waals surface area contributed by atoms with Crippen molar-refractivity contribution in [2.24, 2.45) is 0 Å². The molecule has 2 N–H and O–H groups in total. The van der Waals surface area contributed by atoms with Gasteiger partial charge in [0, 0.05) is 0 Å². The Morgan fingerprint density at radius 2 is 2.20 bits per heavy atom. The second-order valence-electron chi connectivity index (χ2n) is 2.43. The summed E-state index contributed by atoms with van der Waals surface area (Å²) in [7, 11) is -0.709. The van der Waals surface area contributed by atoms with Crippen molar-refractivity contribution in [3.05, 3.63) is 0 Å². The number of aliphatic hydroxyl groups is 1. The minimum atomic E-state index is -0.709. The molecule has 0 aliphatic heterocycles. The zero-order chi connectivity index (χ0) is 7.98. The van der Waals surface area contributed by atoms with Crippen molar-refractivity contribution in [3.63, 3.8) is 0 Å². The van der Waals surface area contributed by atoms with Crippen molar-refractivity contribution in [3.8, 4) is 0 Å². The van der Waals surface area contributed by atoms with Gasteiger partial charge in [0.1, 0.15) is 0 Å². The molecule has 0 amide bonds. The highest BCUT2D eigenvalue weighted by Crippen LogP contribution is 1.95. The molecule has 0 bridgehead atoms. The van der Waals surface area contributed by atoms with E-state index in [9.17, 15) is 0 Å². The second-order valence-corrected chi connectivity index (χ2v) is 2.43. The summed E-state index contributed by atoms with van der Waals surface area (Å²) in [4.78, 5) is 0. The fraction of sp³-hybridized carbons (Fsp3) is 1.00. The summed E-state index contributed by atoms with van der Waals surface area (Å²) in [6.45, 7) is 3.80. The zero-order valence-electron chi connectivity index (χ0n) is 6.58. The molecule has 0 aromatic rings. The van der Waals surface area contributed by atoms with Crippen molar-refractivity contribution in [2.45, 2.75) is 32.7 Å². The number of rotatable bonds is 5. The van der Waals surface area contributed by atoms with Crippen LogP contribution in [-0.4, -0.2) is 30.0 Å². The summed E-state index contributed by atoms with van der Waals surface area (Å²) in [5.41, 5.74) is 0. The lowest BCUT2D eigenvalue weighted by atomic mass is 9.84. The molecule has 0 radical (unpaired) electrons. The number of hydrogen-bond donors (Lipinski definition) is 2. The van der Waals surface area contributed by atoms with Crippen LogP contribution in [0.25, 0.3) is 0 Å². The van der Waals surface area contributed by atoms with E-state index >= 15 is 0 Å². The van der Waals surface area contributed by atoms with Gasteiger partial charge in [-0.1, -0.05) is 13.3 Å². The van der Waals surface area contributed by atoms with E-state index in [1.165, 1.54) is 0 Å². The predicted octanol–water partition coefficient (Wildman–Crippen LogP) is 0.274. The summed E-state index contributed by atoms with van der Waals surface area (Å²) in [5, 5.41) is 17.7. The SMILES string of the molecule is CCCB(O)OCC(C)O. The van der Waals surface area contributed by atoms with Crippen molar-refractivity contribution in [1.82, 2.24) is 0 Å². The van der Waals surface area contributed by atoms with Gasteiger partial charge in [-0.05, 0) is 13.2 Å². The highest BCUT2D eigenvalue weighted by Gasteiger charge is 2.11. The second kappa shape index (κ2) is 5.71. The molecule has 3 nitrogen and oxygen atoms in total.